The summed E-state index contributed by atoms with van der Waals surface area (Å²) in [5, 5.41) is 9.64. The Bertz CT molecular complexity index is 117. The van der Waals surface area contributed by atoms with Crippen LogP contribution in [0.5, 0.6) is 0 Å². The zero-order chi connectivity index (χ0) is 8.97. The molecule has 0 saturated carbocycles. The molecule has 0 spiro atoms. The van der Waals surface area contributed by atoms with Crippen molar-refractivity contribution in [3.05, 3.63) is 0 Å². The van der Waals surface area contributed by atoms with Gasteiger partial charge in [-0.05, 0) is 31.1 Å². The third kappa shape index (κ3) is 3.11. The first-order valence-electron chi connectivity index (χ1n) is 4.96. The molecule has 0 amide bonds. The zero-order valence-corrected chi connectivity index (χ0v) is 8.12. The standard InChI is InChI=1S/C10H20O2/c1-8(2)10(11)7-9-3-5-12-6-4-9/h8-11H,3-7H2,1-2H3. The van der Waals surface area contributed by atoms with Gasteiger partial charge in [-0.1, -0.05) is 13.8 Å². The first-order chi connectivity index (χ1) is 5.70. The van der Waals surface area contributed by atoms with Gasteiger partial charge >= 0.3 is 0 Å². The van der Waals surface area contributed by atoms with E-state index in [1.54, 1.807) is 0 Å². The molecule has 1 saturated heterocycles. The molecule has 2 nitrogen and oxygen atoms in total. The van der Waals surface area contributed by atoms with Crippen LogP contribution in [0.3, 0.4) is 0 Å². The molecule has 0 bridgehead atoms. The highest BCUT2D eigenvalue weighted by molar-refractivity contribution is 4.69. The SMILES string of the molecule is CC(C)C(O)CC1CCOCC1. The number of hydrogen-bond donors (Lipinski definition) is 1. The lowest BCUT2D eigenvalue weighted by atomic mass is 9.90. The molecule has 1 aliphatic heterocycles. The average Bonchev–Trinajstić information content (AvgIpc) is 2.06. The summed E-state index contributed by atoms with van der Waals surface area (Å²) in [7, 11) is 0. The van der Waals surface area contributed by atoms with Crippen LogP contribution in [0.25, 0.3) is 0 Å². The fourth-order valence-corrected chi connectivity index (χ4v) is 1.60. The third-order valence-electron chi connectivity index (χ3n) is 2.69. The number of ether oxygens (including phenoxy) is 1. The topological polar surface area (TPSA) is 29.5 Å². The van der Waals surface area contributed by atoms with Crippen LogP contribution in [0.1, 0.15) is 33.1 Å². The van der Waals surface area contributed by atoms with E-state index in [4.69, 9.17) is 4.74 Å². The molecule has 1 rings (SSSR count). The maximum Gasteiger partial charge on any atom is 0.0565 e. The molecule has 1 unspecified atom stereocenters. The van der Waals surface area contributed by atoms with Crippen LogP contribution < -0.4 is 0 Å². The summed E-state index contributed by atoms with van der Waals surface area (Å²) < 4.78 is 5.26. The molecule has 12 heavy (non-hydrogen) atoms. The lowest BCUT2D eigenvalue weighted by molar-refractivity contribution is 0.0327. The van der Waals surface area contributed by atoms with E-state index in [0.717, 1.165) is 32.5 Å². The highest BCUT2D eigenvalue weighted by atomic mass is 16.5. The average molecular weight is 172 g/mol. The van der Waals surface area contributed by atoms with Gasteiger partial charge in [0.05, 0.1) is 6.10 Å². The van der Waals surface area contributed by atoms with Gasteiger partial charge < -0.3 is 9.84 Å². The summed E-state index contributed by atoms with van der Waals surface area (Å²) in [6.07, 6.45) is 3.10. The molecule has 0 aromatic carbocycles. The Kier molecular flexibility index (Phi) is 4.02. The van der Waals surface area contributed by atoms with E-state index in [2.05, 4.69) is 13.8 Å². The fourth-order valence-electron chi connectivity index (χ4n) is 1.60. The normalized spacial score (nSPS) is 23.0. The van der Waals surface area contributed by atoms with Gasteiger partial charge in [0.15, 0.2) is 0 Å². The van der Waals surface area contributed by atoms with Gasteiger partial charge in [0.25, 0.3) is 0 Å². The predicted molar refractivity (Wildman–Crippen MR) is 49.0 cm³/mol. The van der Waals surface area contributed by atoms with Gasteiger partial charge in [-0.2, -0.15) is 0 Å². The minimum Gasteiger partial charge on any atom is -0.393 e. The Morgan fingerprint density at radius 3 is 2.42 bits per heavy atom. The van der Waals surface area contributed by atoms with Crippen molar-refractivity contribution >= 4 is 0 Å². The molecular formula is C10H20O2. The summed E-state index contributed by atoms with van der Waals surface area (Å²) >= 11 is 0. The number of aliphatic hydroxyl groups is 1. The van der Waals surface area contributed by atoms with Crippen molar-refractivity contribution in [2.24, 2.45) is 11.8 Å². The summed E-state index contributed by atoms with van der Waals surface area (Å²) in [6.45, 7) is 5.92. The van der Waals surface area contributed by atoms with Gasteiger partial charge in [-0.3, -0.25) is 0 Å². The Morgan fingerprint density at radius 2 is 1.92 bits per heavy atom. The number of hydrogen-bond acceptors (Lipinski definition) is 2. The zero-order valence-electron chi connectivity index (χ0n) is 8.12. The lowest BCUT2D eigenvalue weighted by Gasteiger charge is -2.25. The minimum atomic E-state index is -0.118. The van der Waals surface area contributed by atoms with Crippen molar-refractivity contribution in [3.63, 3.8) is 0 Å². The van der Waals surface area contributed by atoms with E-state index < -0.39 is 0 Å². The Labute approximate surface area is 74.9 Å². The van der Waals surface area contributed by atoms with Gasteiger partial charge in [-0.15, -0.1) is 0 Å². The van der Waals surface area contributed by atoms with Crippen molar-refractivity contribution in [3.8, 4) is 0 Å². The second kappa shape index (κ2) is 4.83. The van der Waals surface area contributed by atoms with E-state index in [0.29, 0.717) is 11.8 Å². The van der Waals surface area contributed by atoms with Crippen molar-refractivity contribution in [2.45, 2.75) is 39.2 Å². The first-order valence-corrected chi connectivity index (χ1v) is 4.96. The Hall–Kier alpha value is -0.0800. The van der Waals surface area contributed by atoms with Crippen LogP contribution in [0.2, 0.25) is 0 Å². The molecule has 0 aromatic rings. The van der Waals surface area contributed by atoms with E-state index in [1.165, 1.54) is 0 Å². The molecule has 1 fully saturated rings. The maximum atomic E-state index is 9.64. The highest BCUT2D eigenvalue weighted by Gasteiger charge is 2.19. The monoisotopic (exact) mass is 172 g/mol. The molecule has 2 heteroatoms. The largest absolute Gasteiger partial charge is 0.393 e. The van der Waals surface area contributed by atoms with Crippen LogP contribution >= 0.6 is 0 Å². The van der Waals surface area contributed by atoms with E-state index in [-0.39, 0.29) is 6.10 Å². The molecule has 1 atom stereocenters. The van der Waals surface area contributed by atoms with E-state index >= 15 is 0 Å². The van der Waals surface area contributed by atoms with Crippen molar-refractivity contribution in [2.75, 3.05) is 13.2 Å². The van der Waals surface area contributed by atoms with Gasteiger partial charge in [-0.25, -0.2) is 0 Å². The van der Waals surface area contributed by atoms with Crippen LogP contribution in [0, 0.1) is 11.8 Å². The first kappa shape index (κ1) is 10.0. The number of aliphatic hydroxyl groups excluding tert-OH is 1. The molecule has 0 aromatic heterocycles. The Balaban J connectivity index is 2.20. The van der Waals surface area contributed by atoms with Crippen molar-refractivity contribution < 1.29 is 9.84 Å². The van der Waals surface area contributed by atoms with Crippen molar-refractivity contribution in [1.29, 1.82) is 0 Å². The van der Waals surface area contributed by atoms with Gasteiger partial charge in [0.1, 0.15) is 0 Å². The van der Waals surface area contributed by atoms with Crippen LogP contribution in [0.15, 0.2) is 0 Å². The molecule has 1 N–H and O–H groups in total. The molecule has 0 radical (unpaired) electrons. The second-order valence-corrected chi connectivity index (χ2v) is 4.10. The van der Waals surface area contributed by atoms with Crippen molar-refractivity contribution in [1.82, 2.24) is 0 Å². The van der Waals surface area contributed by atoms with Crippen LogP contribution in [0.4, 0.5) is 0 Å². The number of rotatable bonds is 3. The molecular weight excluding hydrogens is 152 g/mol. The summed E-state index contributed by atoms with van der Waals surface area (Å²) in [6, 6.07) is 0. The van der Waals surface area contributed by atoms with Gasteiger partial charge in [0.2, 0.25) is 0 Å². The minimum absolute atomic E-state index is 0.118. The van der Waals surface area contributed by atoms with Crippen LogP contribution in [-0.2, 0) is 4.74 Å². The highest BCUT2D eigenvalue weighted by Crippen LogP contribution is 2.22. The summed E-state index contributed by atoms with van der Waals surface area (Å²) in [4.78, 5) is 0. The molecule has 72 valence electrons. The second-order valence-electron chi connectivity index (χ2n) is 4.10. The summed E-state index contributed by atoms with van der Waals surface area (Å²) in [5.74, 6) is 1.09. The third-order valence-corrected chi connectivity index (χ3v) is 2.69. The maximum absolute atomic E-state index is 9.64. The van der Waals surface area contributed by atoms with Crippen LogP contribution in [-0.4, -0.2) is 24.4 Å². The molecule has 1 heterocycles. The van der Waals surface area contributed by atoms with Gasteiger partial charge in [0, 0.05) is 13.2 Å². The fraction of sp³-hybridized carbons (Fsp3) is 1.00. The summed E-state index contributed by atoms with van der Waals surface area (Å²) in [5.41, 5.74) is 0. The Morgan fingerprint density at radius 1 is 1.33 bits per heavy atom. The van der Waals surface area contributed by atoms with E-state index in [1.807, 2.05) is 0 Å². The lowest BCUT2D eigenvalue weighted by Crippen LogP contribution is -2.23. The smallest absolute Gasteiger partial charge is 0.0565 e. The molecule has 0 aliphatic carbocycles. The quantitative estimate of drug-likeness (QED) is 0.703. The molecule has 1 aliphatic rings. The van der Waals surface area contributed by atoms with E-state index in [9.17, 15) is 5.11 Å². The predicted octanol–water partition coefficient (Wildman–Crippen LogP) is 1.82.